The second kappa shape index (κ2) is 3.90. The monoisotopic (exact) mass is 171 g/mol. The van der Waals surface area contributed by atoms with E-state index in [9.17, 15) is 4.79 Å². The molecule has 0 saturated carbocycles. The molecule has 0 spiro atoms. The fraction of sp³-hybridized carbons (Fsp3) is 0.889. The summed E-state index contributed by atoms with van der Waals surface area (Å²) in [6.45, 7) is 7.14. The average Bonchev–Trinajstić information content (AvgIpc) is 2.45. The zero-order chi connectivity index (χ0) is 9.14. The largest absolute Gasteiger partial charge is 0.469 e. The molecule has 0 aliphatic carbocycles. The van der Waals surface area contributed by atoms with Gasteiger partial charge in [0, 0.05) is 13.1 Å². The van der Waals surface area contributed by atoms with Crippen molar-refractivity contribution in [1.29, 1.82) is 0 Å². The standard InChI is InChI=1S/C9H17NO2/c1-4-10-5-7(2)8(6-10)9(11)12-3/h7-8H,4-6H2,1-3H3. The maximum absolute atomic E-state index is 11.2. The third-order valence-electron chi connectivity index (χ3n) is 2.64. The number of hydrogen-bond donors (Lipinski definition) is 0. The minimum atomic E-state index is -0.0570. The Morgan fingerprint density at radius 1 is 1.58 bits per heavy atom. The Balaban J connectivity index is 2.51. The Morgan fingerprint density at radius 3 is 2.67 bits per heavy atom. The van der Waals surface area contributed by atoms with Gasteiger partial charge in [0.05, 0.1) is 13.0 Å². The fourth-order valence-electron chi connectivity index (χ4n) is 1.78. The molecule has 3 nitrogen and oxygen atoms in total. The summed E-state index contributed by atoms with van der Waals surface area (Å²) in [5.41, 5.74) is 0. The van der Waals surface area contributed by atoms with Crippen molar-refractivity contribution in [3.05, 3.63) is 0 Å². The highest BCUT2D eigenvalue weighted by Crippen LogP contribution is 2.23. The number of likely N-dealkylation sites (tertiary alicyclic amines) is 1. The van der Waals surface area contributed by atoms with Crippen LogP contribution in [0.1, 0.15) is 13.8 Å². The summed E-state index contributed by atoms with van der Waals surface area (Å²) in [7, 11) is 1.46. The molecule has 1 heterocycles. The van der Waals surface area contributed by atoms with E-state index in [4.69, 9.17) is 4.74 Å². The van der Waals surface area contributed by atoms with Gasteiger partial charge >= 0.3 is 5.97 Å². The molecular weight excluding hydrogens is 154 g/mol. The van der Waals surface area contributed by atoms with Crippen molar-refractivity contribution in [2.45, 2.75) is 13.8 Å². The number of ether oxygens (including phenoxy) is 1. The number of nitrogens with zero attached hydrogens (tertiary/aromatic N) is 1. The van der Waals surface area contributed by atoms with Crippen molar-refractivity contribution in [1.82, 2.24) is 4.90 Å². The summed E-state index contributed by atoms with van der Waals surface area (Å²) < 4.78 is 4.73. The highest BCUT2D eigenvalue weighted by Gasteiger charge is 2.34. The molecule has 0 radical (unpaired) electrons. The summed E-state index contributed by atoms with van der Waals surface area (Å²) >= 11 is 0. The first-order chi connectivity index (χ1) is 5.69. The van der Waals surface area contributed by atoms with E-state index in [1.807, 2.05) is 0 Å². The Hall–Kier alpha value is -0.570. The summed E-state index contributed by atoms with van der Waals surface area (Å²) in [5, 5.41) is 0. The van der Waals surface area contributed by atoms with Crippen molar-refractivity contribution in [2.24, 2.45) is 11.8 Å². The topological polar surface area (TPSA) is 29.5 Å². The molecule has 3 heteroatoms. The lowest BCUT2D eigenvalue weighted by Crippen LogP contribution is -2.24. The third kappa shape index (κ3) is 1.78. The third-order valence-corrected chi connectivity index (χ3v) is 2.64. The molecule has 1 saturated heterocycles. The predicted molar refractivity (Wildman–Crippen MR) is 46.8 cm³/mol. The molecule has 1 aliphatic heterocycles. The highest BCUT2D eigenvalue weighted by atomic mass is 16.5. The van der Waals surface area contributed by atoms with Gasteiger partial charge in [-0.2, -0.15) is 0 Å². The van der Waals surface area contributed by atoms with Gasteiger partial charge in [-0.05, 0) is 12.5 Å². The number of carbonyl (C=O) groups is 1. The van der Waals surface area contributed by atoms with E-state index in [-0.39, 0.29) is 11.9 Å². The van der Waals surface area contributed by atoms with Crippen LogP contribution >= 0.6 is 0 Å². The number of hydrogen-bond acceptors (Lipinski definition) is 3. The smallest absolute Gasteiger partial charge is 0.310 e. The maximum Gasteiger partial charge on any atom is 0.310 e. The molecule has 0 aromatic rings. The van der Waals surface area contributed by atoms with E-state index < -0.39 is 0 Å². The number of carbonyl (C=O) groups excluding carboxylic acids is 1. The lowest BCUT2D eigenvalue weighted by molar-refractivity contribution is -0.146. The highest BCUT2D eigenvalue weighted by molar-refractivity contribution is 5.73. The molecule has 0 aromatic carbocycles. The second-order valence-corrected chi connectivity index (χ2v) is 3.46. The Morgan fingerprint density at radius 2 is 2.25 bits per heavy atom. The molecule has 2 atom stereocenters. The molecule has 0 amide bonds. The predicted octanol–water partition coefficient (Wildman–Crippen LogP) is 0.747. The van der Waals surface area contributed by atoms with E-state index >= 15 is 0 Å². The molecule has 2 unspecified atom stereocenters. The van der Waals surface area contributed by atoms with Crippen LogP contribution in [0.4, 0.5) is 0 Å². The molecule has 1 aliphatic rings. The SMILES string of the molecule is CCN1CC(C)C(C(=O)OC)C1. The maximum atomic E-state index is 11.2. The van der Waals surface area contributed by atoms with Crippen LogP contribution in [-0.4, -0.2) is 37.6 Å². The van der Waals surface area contributed by atoms with E-state index in [1.165, 1.54) is 7.11 Å². The molecule has 1 fully saturated rings. The van der Waals surface area contributed by atoms with Gasteiger partial charge in [-0.1, -0.05) is 13.8 Å². The number of rotatable bonds is 2. The lowest BCUT2D eigenvalue weighted by Gasteiger charge is -2.11. The number of methoxy groups -OCH3 is 1. The minimum absolute atomic E-state index is 0.0570. The Kier molecular flexibility index (Phi) is 3.09. The molecule has 1 rings (SSSR count). The van der Waals surface area contributed by atoms with Gasteiger partial charge in [-0.3, -0.25) is 4.79 Å². The Bertz CT molecular complexity index is 170. The van der Waals surface area contributed by atoms with Crippen LogP contribution in [0, 0.1) is 11.8 Å². The van der Waals surface area contributed by atoms with Crippen LogP contribution in [0.15, 0.2) is 0 Å². The summed E-state index contributed by atoms with van der Waals surface area (Å²) in [6, 6.07) is 0. The van der Waals surface area contributed by atoms with Crippen LogP contribution < -0.4 is 0 Å². The normalized spacial score (nSPS) is 30.6. The van der Waals surface area contributed by atoms with E-state index in [1.54, 1.807) is 0 Å². The van der Waals surface area contributed by atoms with E-state index in [2.05, 4.69) is 18.7 Å². The zero-order valence-electron chi connectivity index (χ0n) is 8.04. The van der Waals surface area contributed by atoms with Crippen LogP contribution in [0.5, 0.6) is 0 Å². The van der Waals surface area contributed by atoms with E-state index in [0.717, 1.165) is 19.6 Å². The van der Waals surface area contributed by atoms with Crippen molar-refractivity contribution in [3.63, 3.8) is 0 Å². The van der Waals surface area contributed by atoms with Gasteiger partial charge in [0.1, 0.15) is 0 Å². The van der Waals surface area contributed by atoms with Gasteiger partial charge in [-0.25, -0.2) is 0 Å². The molecule has 70 valence electrons. The lowest BCUT2D eigenvalue weighted by atomic mass is 9.99. The molecule has 0 aromatic heterocycles. The van der Waals surface area contributed by atoms with Crippen molar-refractivity contribution in [3.8, 4) is 0 Å². The molecule has 12 heavy (non-hydrogen) atoms. The van der Waals surface area contributed by atoms with Gasteiger partial charge in [0.25, 0.3) is 0 Å². The van der Waals surface area contributed by atoms with Gasteiger partial charge < -0.3 is 9.64 Å². The first-order valence-electron chi connectivity index (χ1n) is 4.49. The fourth-order valence-corrected chi connectivity index (χ4v) is 1.78. The van der Waals surface area contributed by atoms with Crippen LogP contribution in [0.3, 0.4) is 0 Å². The van der Waals surface area contributed by atoms with Crippen molar-refractivity contribution < 1.29 is 9.53 Å². The zero-order valence-corrected chi connectivity index (χ0v) is 8.04. The number of esters is 1. The Labute approximate surface area is 73.7 Å². The van der Waals surface area contributed by atoms with Crippen LogP contribution in [0.25, 0.3) is 0 Å². The molecule has 0 N–H and O–H groups in total. The molecular formula is C9H17NO2. The first-order valence-corrected chi connectivity index (χ1v) is 4.49. The summed E-state index contributed by atoms with van der Waals surface area (Å²) in [4.78, 5) is 13.5. The van der Waals surface area contributed by atoms with Crippen molar-refractivity contribution in [2.75, 3.05) is 26.7 Å². The van der Waals surface area contributed by atoms with E-state index in [0.29, 0.717) is 5.92 Å². The first kappa shape index (κ1) is 9.52. The van der Waals surface area contributed by atoms with Gasteiger partial charge in [0.15, 0.2) is 0 Å². The summed E-state index contributed by atoms with van der Waals surface area (Å²) in [5.74, 6) is 0.478. The van der Waals surface area contributed by atoms with Crippen LogP contribution in [0.2, 0.25) is 0 Å². The quantitative estimate of drug-likeness (QED) is 0.574. The van der Waals surface area contributed by atoms with Gasteiger partial charge in [0.2, 0.25) is 0 Å². The summed E-state index contributed by atoms with van der Waals surface area (Å²) in [6.07, 6.45) is 0. The van der Waals surface area contributed by atoms with Gasteiger partial charge in [-0.15, -0.1) is 0 Å². The average molecular weight is 171 g/mol. The van der Waals surface area contributed by atoms with Crippen molar-refractivity contribution >= 4 is 5.97 Å². The minimum Gasteiger partial charge on any atom is -0.469 e. The second-order valence-electron chi connectivity index (χ2n) is 3.46. The van der Waals surface area contributed by atoms with Crippen LogP contribution in [-0.2, 0) is 9.53 Å². The molecule has 0 bridgehead atoms.